The zero-order valence-electron chi connectivity index (χ0n) is 16.0. The van der Waals surface area contributed by atoms with Crippen LogP contribution in [0, 0.1) is 0 Å². The lowest BCUT2D eigenvalue weighted by Gasteiger charge is -2.34. The van der Waals surface area contributed by atoms with Gasteiger partial charge < -0.3 is 19.1 Å². The summed E-state index contributed by atoms with van der Waals surface area (Å²) >= 11 is 0.935. The molecule has 1 aromatic heterocycles. The highest BCUT2D eigenvalue weighted by atomic mass is 32.2. The minimum atomic E-state index is -3.82. The lowest BCUT2D eigenvalue weighted by atomic mass is 10.1. The van der Waals surface area contributed by atoms with Crippen LogP contribution in [-0.2, 0) is 19.5 Å². The smallest absolute Gasteiger partial charge is 0.410 e. The fourth-order valence-electron chi connectivity index (χ4n) is 3.51. The van der Waals surface area contributed by atoms with Crippen molar-refractivity contribution in [1.82, 2.24) is 9.21 Å². The summed E-state index contributed by atoms with van der Waals surface area (Å²) in [5, 5.41) is 1.43. The molecule has 9 nitrogen and oxygen atoms in total. The van der Waals surface area contributed by atoms with Crippen LogP contribution in [0.4, 0.5) is 4.79 Å². The fraction of sp³-hybridized carbons (Fsp3) is 0.647. The van der Waals surface area contributed by atoms with E-state index in [0.29, 0.717) is 19.4 Å². The van der Waals surface area contributed by atoms with Gasteiger partial charge in [0.15, 0.2) is 9.96 Å². The first-order valence-electron chi connectivity index (χ1n) is 9.04. The maximum Gasteiger partial charge on any atom is 0.410 e. The molecular formula is C17H24N2O7S2. The average molecular weight is 433 g/mol. The predicted octanol–water partition coefficient (Wildman–Crippen LogP) is 1.93. The Labute approximate surface area is 168 Å². The first-order valence-corrected chi connectivity index (χ1v) is 11.4. The number of rotatable bonds is 6. The van der Waals surface area contributed by atoms with Crippen molar-refractivity contribution in [3.05, 3.63) is 10.9 Å². The van der Waals surface area contributed by atoms with Gasteiger partial charge in [0.1, 0.15) is 11.7 Å². The normalized spacial score (nSPS) is 21.6. The van der Waals surface area contributed by atoms with Gasteiger partial charge in [-0.2, -0.15) is 4.31 Å². The van der Waals surface area contributed by atoms with Crippen molar-refractivity contribution in [2.24, 2.45) is 0 Å². The Morgan fingerprint density at radius 3 is 2.54 bits per heavy atom. The number of cyclic esters (lactones) is 1. The zero-order valence-corrected chi connectivity index (χ0v) is 17.7. The Kier molecular flexibility index (Phi) is 6.15. The second-order valence-electron chi connectivity index (χ2n) is 6.66. The number of esters is 1. The lowest BCUT2D eigenvalue weighted by molar-refractivity contribution is 0.0597. The van der Waals surface area contributed by atoms with Crippen LogP contribution in [-0.4, -0.2) is 75.7 Å². The van der Waals surface area contributed by atoms with E-state index in [4.69, 9.17) is 9.47 Å². The third-order valence-corrected chi connectivity index (χ3v) is 8.49. The van der Waals surface area contributed by atoms with Gasteiger partial charge in [-0.3, -0.25) is 0 Å². The van der Waals surface area contributed by atoms with Crippen LogP contribution >= 0.6 is 11.3 Å². The average Bonchev–Trinajstić information content (AvgIpc) is 3.31. The SMILES string of the molecule is CCC1CN(C2CCN(S(=O)(=O)c3scc(C(=O)OC)c3OC)CC2)C(=O)O1. The van der Waals surface area contributed by atoms with E-state index in [1.165, 1.54) is 23.9 Å². The van der Waals surface area contributed by atoms with E-state index in [2.05, 4.69) is 4.74 Å². The molecule has 0 spiro atoms. The van der Waals surface area contributed by atoms with Crippen LogP contribution in [0.3, 0.4) is 0 Å². The maximum absolute atomic E-state index is 13.1. The van der Waals surface area contributed by atoms with Crippen LogP contribution in [0.1, 0.15) is 36.5 Å². The number of carbonyl (C=O) groups is 2. The van der Waals surface area contributed by atoms with Gasteiger partial charge in [-0.25, -0.2) is 18.0 Å². The maximum atomic E-state index is 13.1. The number of hydrogen-bond donors (Lipinski definition) is 0. The standard InChI is InChI=1S/C17H24N2O7S2/c1-4-12-9-19(17(21)26-12)11-5-7-18(8-6-11)28(22,23)16-14(24-2)13(10-27-16)15(20)25-3/h10-12H,4-9H2,1-3H3. The molecule has 3 rings (SSSR count). The molecule has 0 saturated carbocycles. The van der Waals surface area contributed by atoms with Crippen molar-refractivity contribution in [2.45, 2.75) is 42.5 Å². The van der Waals surface area contributed by atoms with E-state index in [1.807, 2.05) is 6.92 Å². The highest BCUT2D eigenvalue weighted by molar-refractivity contribution is 7.91. The van der Waals surface area contributed by atoms with Gasteiger partial charge in [0.2, 0.25) is 0 Å². The molecule has 0 aromatic carbocycles. The Morgan fingerprint density at radius 2 is 2.00 bits per heavy atom. The van der Waals surface area contributed by atoms with Crippen LogP contribution in [0.5, 0.6) is 5.75 Å². The monoisotopic (exact) mass is 432 g/mol. The van der Waals surface area contributed by atoms with Crippen LogP contribution in [0.15, 0.2) is 9.59 Å². The van der Waals surface area contributed by atoms with E-state index in [1.54, 1.807) is 4.90 Å². The van der Waals surface area contributed by atoms with E-state index >= 15 is 0 Å². The molecule has 2 fully saturated rings. The van der Waals surface area contributed by atoms with Crippen molar-refractivity contribution in [2.75, 3.05) is 33.9 Å². The van der Waals surface area contributed by atoms with Crippen LogP contribution in [0.2, 0.25) is 0 Å². The highest BCUT2D eigenvalue weighted by Gasteiger charge is 2.40. The number of nitrogens with zero attached hydrogens (tertiary/aromatic N) is 2. The molecule has 1 atom stereocenters. The number of carbonyl (C=O) groups excluding carboxylic acids is 2. The minimum absolute atomic E-state index is 0.00730. The van der Waals surface area contributed by atoms with E-state index in [-0.39, 0.29) is 46.9 Å². The molecule has 0 bridgehead atoms. The molecule has 2 saturated heterocycles. The summed E-state index contributed by atoms with van der Waals surface area (Å²) in [6, 6.07) is -0.0358. The number of sulfonamides is 1. The summed E-state index contributed by atoms with van der Waals surface area (Å²) in [6.07, 6.45) is 1.40. The summed E-state index contributed by atoms with van der Waals surface area (Å²) in [6.45, 7) is 3.08. The largest absolute Gasteiger partial charge is 0.494 e. The topological polar surface area (TPSA) is 102 Å². The summed E-state index contributed by atoms with van der Waals surface area (Å²) < 4.78 is 42.7. The van der Waals surface area contributed by atoms with Crippen LogP contribution < -0.4 is 4.74 Å². The second kappa shape index (κ2) is 8.26. The third-order valence-electron chi connectivity index (χ3n) is 5.12. The molecule has 156 valence electrons. The van der Waals surface area contributed by atoms with Gasteiger partial charge in [0, 0.05) is 24.5 Å². The first kappa shape index (κ1) is 20.9. The Morgan fingerprint density at radius 1 is 1.32 bits per heavy atom. The summed E-state index contributed by atoms with van der Waals surface area (Å²) in [5.74, 6) is -0.640. The van der Waals surface area contributed by atoms with Crippen molar-refractivity contribution >= 4 is 33.4 Å². The van der Waals surface area contributed by atoms with E-state index < -0.39 is 16.0 Å². The molecule has 0 aliphatic carbocycles. The lowest BCUT2D eigenvalue weighted by Crippen LogP contribution is -2.47. The van der Waals surface area contributed by atoms with Crippen molar-refractivity contribution in [1.29, 1.82) is 0 Å². The van der Waals surface area contributed by atoms with Gasteiger partial charge in [-0.05, 0) is 19.3 Å². The summed E-state index contributed by atoms with van der Waals surface area (Å²) in [4.78, 5) is 25.6. The number of hydrogen-bond acceptors (Lipinski definition) is 8. The van der Waals surface area contributed by atoms with Crippen molar-refractivity contribution in [3.63, 3.8) is 0 Å². The quantitative estimate of drug-likeness (QED) is 0.633. The number of ether oxygens (including phenoxy) is 3. The van der Waals surface area contributed by atoms with Crippen LogP contribution in [0.25, 0.3) is 0 Å². The second-order valence-corrected chi connectivity index (χ2v) is 9.68. The van der Waals surface area contributed by atoms with E-state index in [0.717, 1.165) is 17.8 Å². The van der Waals surface area contributed by atoms with Gasteiger partial charge in [0.05, 0.1) is 20.8 Å². The molecule has 0 N–H and O–H groups in total. The number of amides is 1. The molecule has 0 radical (unpaired) electrons. The molecule has 2 aliphatic rings. The predicted molar refractivity (Wildman–Crippen MR) is 101 cm³/mol. The Bertz CT molecular complexity index is 844. The summed E-state index contributed by atoms with van der Waals surface area (Å²) in [7, 11) is -1.27. The molecule has 28 heavy (non-hydrogen) atoms. The van der Waals surface area contributed by atoms with Gasteiger partial charge in [-0.1, -0.05) is 6.92 Å². The molecule has 11 heteroatoms. The Balaban J connectivity index is 1.73. The molecule has 3 heterocycles. The number of piperidine rings is 1. The molecular weight excluding hydrogens is 408 g/mol. The zero-order chi connectivity index (χ0) is 20.5. The third kappa shape index (κ3) is 3.70. The van der Waals surface area contributed by atoms with Crippen molar-refractivity contribution < 1.29 is 32.2 Å². The van der Waals surface area contributed by atoms with Gasteiger partial charge >= 0.3 is 12.1 Å². The first-order chi connectivity index (χ1) is 13.3. The van der Waals surface area contributed by atoms with Crippen molar-refractivity contribution in [3.8, 4) is 5.75 Å². The highest BCUT2D eigenvalue weighted by Crippen LogP contribution is 2.38. The fourth-order valence-corrected chi connectivity index (χ4v) is 6.54. The minimum Gasteiger partial charge on any atom is -0.494 e. The molecule has 1 amide bonds. The number of methoxy groups -OCH3 is 2. The molecule has 1 aromatic rings. The van der Waals surface area contributed by atoms with E-state index in [9.17, 15) is 18.0 Å². The number of thiophene rings is 1. The molecule has 2 aliphatic heterocycles. The summed E-state index contributed by atoms with van der Waals surface area (Å²) in [5.41, 5.74) is 0.0916. The molecule has 1 unspecified atom stereocenters. The Hall–Kier alpha value is -1.85. The van der Waals surface area contributed by atoms with Gasteiger partial charge in [0.25, 0.3) is 10.0 Å². The van der Waals surface area contributed by atoms with Gasteiger partial charge in [-0.15, -0.1) is 11.3 Å².